The Hall–Kier alpha value is -1.39. The van der Waals surface area contributed by atoms with Crippen LogP contribution in [0.3, 0.4) is 0 Å². The average molecular weight is 235 g/mol. The number of hydrogen-bond donors (Lipinski definition) is 1. The van der Waals surface area contributed by atoms with Crippen molar-refractivity contribution in [1.29, 1.82) is 0 Å². The maximum Gasteiger partial charge on any atom is 0.159 e. The topological polar surface area (TPSA) is 47.6 Å². The largest absolute Gasteiger partial charge is 0.382 e. The lowest BCUT2D eigenvalue weighted by atomic mass is 10.1. The third kappa shape index (κ3) is 3.54. The van der Waals surface area contributed by atoms with Crippen LogP contribution in [0.25, 0.3) is 0 Å². The van der Waals surface area contributed by atoms with Gasteiger partial charge in [-0.15, -0.1) is 0 Å². The Balaban J connectivity index is 1.84. The highest BCUT2D eigenvalue weighted by atomic mass is 16.6. The highest BCUT2D eigenvalue weighted by Crippen LogP contribution is 2.11. The van der Waals surface area contributed by atoms with E-state index in [0.29, 0.717) is 19.8 Å². The molecule has 1 aromatic rings. The first-order valence-electron chi connectivity index (χ1n) is 5.80. The predicted octanol–water partition coefficient (Wildman–Crippen LogP) is 1.72. The minimum absolute atomic E-state index is 0.0839. The van der Waals surface area contributed by atoms with Gasteiger partial charge in [-0.05, 0) is 31.2 Å². The van der Waals surface area contributed by atoms with Crippen LogP contribution < -0.4 is 5.32 Å². The van der Waals surface area contributed by atoms with Gasteiger partial charge in [0.05, 0.1) is 25.9 Å². The second-order valence-corrected chi connectivity index (χ2v) is 4.08. The fraction of sp³-hybridized carbons (Fsp3) is 0.462. The number of Topliss-reactive ketones (excluding diaryl/α,β-unsaturated/α-hetero) is 1. The average Bonchev–Trinajstić information content (AvgIpc) is 2.38. The van der Waals surface area contributed by atoms with Gasteiger partial charge in [-0.2, -0.15) is 0 Å². The van der Waals surface area contributed by atoms with Gasteiger partial charge in [0.15, 0.2) is 5.78 Å². The summed E-state index contributed by atoms with van der Waals surface area (Å²) in [5, 5.41) is 3.26. The molecule has 0 radical (unpaired) electrons. The molecule has 0 spiro atoms. The Morgan fingerprint density at radius 2 is 2.12 bits per heavy atom. The van der Waals surface area contributed by atoms with Crippen LogP contribution in [-0.4, -0.2) is 38.3 Å². The van der Waals surface area contributed by atoms with E-state index >= 15 is 0 Å². The molecule has 1 fully saturated rings. The third-order valence-electron chi connectivity index (χ3n) is 2.71. The van der Waals surface area contributed by atoms with Crippen LogP contribution in [0.4, 0.5) is 5.69 Å². The van der Waals surface area contributed by atoms with E-state index in [-0.39, 0.29) is 11.9 Å². The Morgan fingerprint density at radius 3 is 2.71 bits per heavy atom. The Labute approximate surface area is 101 Å². The van der Waals surface area contributed by atoms with Crippen molar-refractivity contribution in [3.8, 4) is 0 Å². The second kappa shape index (κ2) is 5.80. The van der Waals surface area contributed by atoms with E-state index in [1.165, 1.54) is 0 Å². The lowest BCUT2D eigenvalue weighted by Gasteiger charge is -2.23. The maximum absolute atomic E-state index is 11.1. The number of carbonyl (C=O) groups is 1. The Kier molecular flexibility index (Phi) is 4.12. The molecule has 0 aliphatic carbocycles. The number of nitrogens with one attached hydrogen (secondary N) is 1. The molecule has 1 N–H and O–H groups in total. The van der Waals surface area contributed by atoms with Crippen LogP contribution >= 0.6 is 0 Å². The summed E-state index contributed by atoms with van der Waals surface area (Å²) in [6.07, 6.45) is 0.108. The zero-order valence-electron chi connectivity index (χ0n) is 9.94. The van der Waals surface area contributed by atoms with Gasteiger partial charge < -0.3 is 14.8 Å². The van der Waals surface area contributed by atoms with Crippen LogP contribution in [0.2, 0.25) is 0 Å². The fourth-order valence-corrected chi connectivity index (χ4v) is 1.71. The van der Waals surface area contributed by atoms with Gasteiger partial charge in [-0.3, -0.25) is 4.79 Å². The number of ketones is 1. The van der Waals surface area contributed by atoms with Gasteiger partial charge in [-0.25, -0.2) is 0 Å². The molecule has 0 amide bonds. The van der Waals surface area contributed by atoms with Gasteiger partial charge in [-0.1, -0.05) is 0 Å². The quantitative estimate of drug-likeness (QED) is 0.807. The number of ether oxygens (including phenoxy) is 2. The number of carbonyl (C=O) groups excluding carboxylic acids is 1. The van der Waals surface area contributed by atoms with E-state index in [1.54, 1.807) is 6.92 Å². The molecule has 0 aromatic heterocycles. The molecular weight excluding hydrogens is 218 g/mol. The summed E-state index contributed by atoms with van der Waals surface area (Å²) in [5.41, 5.74) is 1.72. The van der Waals surface area contributed by atoms with E-state index in [1.807, 2.05) is 24.3 Å². The lowest BCUT2D eigenvalue weighted by molar-refractivity contribution is -0.0818. The van der Waals surface area contributed by atoms with Crippen molar-refractivity contribution in [2.24, 2.45) is 0 Å². The van der Waals surface area contributed by atoms with Gasteiger partial charge in [0, 0.05) is 17.8 Å². The SMILES string of the molecule is CC(=O)c1ccc(NCC2COCCO2)cc1. The van der Waals surface area contributed by atoms with Crippen molar-refractivity contribution in [3.05, 3.63) is 29.8 Å². The lowest BCUT2D eigenvalue weighted by Crippen LogP contribution is -2.34. The van der Waals surface area contributed by atoms with Gasteiger partial charge in [0.1, 0.15) is 0 Å². The summed E-state index contributed by atoms with van der Waals surface area (Å²) in [4.78, 5) is 11.1. The van der Waals surface area contributed by atoms with Crippen LogP contribution in [0.1, 0.15) is 17.3 Å². The van der Waals surface area contributed by atoms with Gasteiger partial charge in [0.25, 0.3) is 0 Å². The van der Waals surface area contributed by atoms with E-state index in [9.17, 15) is 4.79 Å². The zero-order chi connectivity index (χ0) is 12.1. The first kappa shape index (κ1) is 12.1. The van der Waals surface area contributed by atoms with Crippen LogP contribution in [0.15, 0.2) is 24.3 Å². The zero-order valence-corrected chi connectivity index (χ0v) is 9.94. The summed E-state index contributed by atoms with van der Waals surface area (Å²) in [6, 6.07) is 7.45. The maximum atomic E-state index is 11.1. The summed E-state index contributed by atoms with van der Waals surface area (Å²) >= 11 is 0. The molecule has 0 saturated carbocycles. The predicted molar refractivity (Wildman–Crippen MR) is 65.5 cm³/mol. The van der Waals surface area contributed by atoms with E-state index in [0.717, 1.165) is 17.8 Å². The summed E-state index contributed by atoms with van der Waals surface area (Å²) in [5.74, 6) is 0.0839. The Bertz CT molecular complexity index is 369. The molecule has 1 aliphatic rings. The van der Waals surface area contributed by atoms with Crippen molar-refractivity contribution < 1.29 is 14.3 Å². The number of hydrogen-bond acceptors (Lipinski definition) is 4. The Morgan fingerprint density at radius 1 is 1.35 bits per heavy atom. The van der Waals surface area contributed by atoms with Crippen molar-refractivity contribution in [2.45, 2.75) is 13.0 Å². The molecule has 2 rings (SSSR count). The highest BCUT2D eigenvalue weighted by Gasteiger charge is 2.13. The monoisotopic (exact) mass is 235 g/mol. The first-order chi connectivity index (χ1) is 8.25. The summed E-state index contributed by atoms with van der Waals surface area (Å²) < 4.78 is 10.8. The molecular formula is C13H17NO3. The standard InChI is InChI=1S/C13H17NO3/c1-10(15)11-2-4-12(5-3-11)14-8-13-9-16-6-7-17-13/h2-5,13-14H,6-9H2,1H3. The number of benzene rings is 1. The summed E-state index contributed by atoms with van der Waals surface area (Å²) in [7, 11) is 0. The van der Waals surface area contributed by atoms with Gasteiger partial charge in [0.2, 0.25) is 0 Å². The molecule has 1 saturated heterocycles. The van der Waals surface area contributed by atoms with Crippen molar-refractivity contribution >= 4 is 11.5 Å². The van der Waals surface area contributed by atoms with Crippen LogP contribution in [0, 0.1) is 0 Å². The second-order valence-electron chi connectivity index (χ2n) is 4.08. The summed E-state index contributed by atoms with van der Waals surface area (Å²) in [6.45, 7) is 4.27. The smallest absolute Gasteiger partial charge is 0.159 e. The molecule has 1 unspecified atom stereocenters. The number of anilines is 1. The molecule has 1 aromatic carbocycles. The molecule has 1 aliphatic heterocycles. The van der Waals surface area contributed by atoms with Crippen LogP contribution in [0.5, 0.6) is 0 Å². The minimum Gasteiger partial charge on any atom is -0.382 e. The molecule has 4 nitrogen and oxygen atoms in total. The van der Waals surface area contributed by atoms with Crippen LogP contribution in [-0.2, 0) is 9.47 Å². The minimum atomic E-state index is 0.0839. The fourth-order valence-electron chi connectivity index (χ4n) is 1.71. The highest BCUT2D eigenvalue weighted by molar-refractivity contribution is 5.94. The van der Waals surface area contributed by atoms with Crippen molar-refractivity contribution in [1.82, 2.24) is 0 Å². The number of rotatable bonds is 4. The molecule has 17 heavy (non-hydrogen) atoms. The molecule has 92 valence electrons. The van der Waals surface area contributed by atoms with Gasteiger partial charge >= 0.3 is 0 Å². The van der Waals surface area contributed by atoms with E-state index in [4.69, 9.17) is 9.47 Å². The first-order valence-corrected chi connectivity index (χ1v) is 5.80. The molecule has 4 heteroatoms. The van der Waals surface area contributed by atoms with Crippen molar-refractivity contribution in [3.63, 3.8) is 0 Å². The normalized spacial score (nSPS) is 19.9. The molecule has 1 heterocycles. The third-order valence-corrected chi connectivity index (χ3v) is 2.71. The van der Waals surface area contributed by atoms with E-state index < -0.39 is 0 Å². The molecule has 0 bridgehead atoms. The van der Waals surface area contributed by atoms with Crippen molar-refractivity contribution in [2.75, 3.05) is 31.7 Å². The molecule has 1 atom stereocenters. The van der Waals surface area contributed by atoms with E-state index in [2.05, 4.69) is 5.32 Å².